The highest BCUT2D eigenvalue weighted by Crippen LogP contribution is 2.30. The van der Waals surface area contributed by atoms with E-state index in [0.29, 0.717) is 31.6 Å². The van der Waals surface area contributed by atoms with E-state index in [4.69, 9.17) is 0 Å². The fourth-order valence-electron chi connectivity index (χ4n) is 5.59. The van der Waals surface area contributed by atoms with E-state index in [1.807, 2.05) is 55.8 Å². The van der Waals surface area contributed by atoms with Crippen LogP contribution in [0.2, 0.25) is 0 Å². The van der Waals surface area contributed by atoms with E-state index in [0.717, 1.165) is 35.2 Å². The van der Waals surface area contributed by atoms with E-state index in [-0.39, 0.29) is 23.6 Å². The molecule has 2 aliphatic rings. The fraction of sp³-hybridized carbons (Fsp3) is 0.400. The number of carbonyl (C=O) groups excluding carboxylic acids is 3. The van der Waals surface area contributed by atoms with Gasteiger partial charge in [-0.15, -0.1) is 11.3 Å². The van der Waals surface area contributed by atoms with Crippen molar-refractivity contribution in [1.82, 2.24) is 20.1 Å². The van der Waals surface area contributed by atoms with E-state index < -0.39 is 12.1 Å². The number of nitrogens with one attached hydrogen (secondary N) is 1. The van der Waals surface area contributed by atoms with Crippen molar-refractivity contribution < 1.29 is 14.4 Å². The van der Waals surface area contributed by atoms with Gasteiger partial charge in [0.25, 0.3) is 5.91 Å². The second-order valence-corrected chi connectivity index (χ2v) is 11.2. The van der Waals surface area contributed by atoms with Crippen molar-refractivity contribution in [2.75, 3.05) is 6.54 Å². The first-order valence-electron chi connectivity index (χ1n) is 13.4. The Balaban J connectivity index is 1.24. The van der Waals surface area contributed by atoms with Gasteiger partial charge >= 0.3 is 0 Å². The number of aromatic nitrogens is 1. The van der Waals surface area contributed by atoms with E-state index in [1.54, 1.807) is 21.1 Å². The predicted octanol–water partition coefficient (Wildman–Crippen LogP) is 4.66. The van der Waals surface area contributed by atoms with Crippen LogP contribution in [0.15, 0.2) is 54.0 Å². The average molecular weight is 531 g/mol. The maximum atomic E-state index is 13.8. The summed E-state index contributed by atoms with van der Waals surface area (Å²) in [6.45, 7) is 7.37. The van der Waals surface area contributed by atoms with Crippen LogP contribution in [0.1, 0.15) is 60.8 Å². The number of aryl methyl sites for hydroxylation is 1. The summed E-state index contributed by atoms with van der Waals surface area (Å²) in [5.41, 5.74) is 6.71. The Morgan fingerprint density at radius 1 is 1.13 bits per heavy atom. The molecule has 1 saturated heterocycles. The number of nitrogens with zero attached hydrogens (tertiary/aromatic N) is 3. The summed E-state index contributed by atoms with van der Waals surface area (Å²) >= 11 is 1.64. The molecule has 0 aliphatic carbocycles. The molecule has 7 nitrogen and oxygen atoms in total. The molecule has 3 amide bonds. The highest BCUT2D eigenvalue weighted by atomic mass is 32.1. The van der Waals surface area contributed by atoms with Crippen LogP contribution in [-0.2, 0) is 29.1 Å². The quantitative estimate of drug-likeness (QED) is 0.459. The molecule has 2 aliphatic heterocycles. The molecule has 0 bridgehead atoms. The van der Waals surface area contributed by atoms with Gasteiger partial charge in [-0.25, -0.2) is 4.98 Å². The highest BCUT2D eigenvalue weighted by Gasteiger charge is 2.43. The van der Waals surface area contributed by atoms with E-state index in [1.165, 1.54) is 4.88 Å². The molecule has 2 aromatic carbocycles. The zero-order valence-corrected chi connectivity index (χ0v) is 23.0. The summed E-state index contributed by atoms with van der Waals surface area (Å²) in [6.07, 6.45) is 2.29. The molecule has 0 radical (unpaired) electrons. The lowest BCUT2D eigenvalue weighted by atomic mass is 10.0. The molecule has 1 N–H and O–H groups in total. The van der Waals surface area contributed by atoms with Gasteiger partial charge in [-0.05, 0) is 47.9 Å². The summed E-state index contributed by atoms with van der Waals surface area (Å²) in [4.78, 5) is 49.2. The van der Waals surface area contributed by atoms with Crippen LogP contribution >= 0.6 is 11.3 Å². The Labute approximate surface area is 227 Å². The molecule has 38 heavy (non-hydrogen) atoms. The molecule has 1 fully saturated rings. The SMILES string of the molecule is CCc1ncsc1-c1ccc(CNC(=O)C2CCCN2C(=O)C(C(C)C)N2Cc3ccccc3C2=O)cc1. The van der Waals surface area contributed by atoms with Crippen LogP contribution in [0, 0.1) is 5.92 Å². The van der Waals surface area contributed by atoms with Gasteiger partial charge < -0.3 is 15.1 Å². The Morgan fingerprint density at radius 3 is 2.61 bits per heavy atom. The summed E-state index contributed by atoms with van der Waals surface area (Å²) in [6, 6.07) is 14.6. The van der Waals surface area contributed by atoms with Crippen molar-refractivity contribution in [2.24, 2.45) is 5.92 Å². The third-order valence-corrected chi connectivity index (χ3v) is 8.48. The van der Waals surface area contributed by atoms with Gasteiger partial charge in [0.2, 0.25) is 11.8 Å². The van der Waals surface area contributed by atoms with Crippen molar-refractivity contribution in [3.05, 3.63) is 76.4 Å². The van der Waals surface area contributed by atoms with Gasteiger partial charge in [0.1, 0.15) is 12.1 Å². The minimum absolute atomic E-state index is 0.0737. The monoisotopic (exact) mass is 530 g/mol. The molecule has 3 heterocycles. The van der Waals surface area contributed by atoms with Gasteiger partial charge in [0, 0.05) is 25.2 Å². The van der Waals surface area contributed by atoms with Crippen molar-refractivity contribution in [3.8, 4) is 10.4 Å². The minimum atomic E-state index is -0.601. The third kappa shape index (κ3) is 4.97. The average Bonchev–Trinajstić information content (AvgIpc) is 3.67. The van der Waals surface area contributed by atoms with Gasteiger partial charge in [0.05, 0.1) is 16.1 Å². The third-order valence-electron chi connectivity index (χ3n) is 7.57. The first-order valence-corrected chi connectivity index (χ1v) is 14.3. The van der Waals surface area contributed by atoms with Gasteiger partial charge in [-0.2, -0.15) is 0 Å². The minimum Gasteiger partial charge on any atom is -0.350 e. The summed E-state index contributed by atoms with van der Waals surface area (Å²) in [5, 5.41) is 3.04. The lowest BCUT2D eigenvalue weighted by molar-refractivity contribution is -0.143. The van der Waals surface area contributed by atoms with Crippen molar-refractivity contribution in [1.29, 1.82) is 0 Å². The molecule has 0 saturated carbocycles. The van der Waals surface area contributed by atoms with Gasteiger partial charge in [-0.3, -0.25) is 14.4 Å². The molecule has 2 atom stereocenters. The van der Waals surface area contributed by atoms with Crippen LogP contribution < -0.4 is 5.32 Å². The van der Waals surface area contributed by atoms with Gasteiger partial charge in [-0.1, -0.05) is 63.2 Å². The van der Waals surface area contributed by atoms with E-state index in [2.05, 4.69) is 29.4 Å². The molecule has 198 valence electrons. The largest absolute Gasteiger partial charge is 0.350 e. The Morgan fingerprint density at radius 2 is 1.89 bits per heavy atom. The van der Waals surface area contributed by atoms with Crippen molar-refractivity contribution in [3.63, 3.8) is 0 Å². The highest BCUT2D eigenvalue weighted by molar-refractivity contribution is 7.13. The normalized spacial score (nSPS) is 17.7. The number of benzene rings is 2. The number of hydrogen-bond donors (Lipinski definition) is 1. The Hall–Kier alpha value is -3.52. The summed E-state index contributed by atoms with van der Waals surface area (Å²) < 4.78 is 0. The zero-order chi connectivity index (χ0) is 26.8. The number of carbonyl (C=O) groups is 3. The number of thiazole rings is 1. The summed E-state index contributed by atoms with van der Waals surface area (Å²) in [7, 11) is 0. The molecule has 0 spiro atoms. The number of rotatable bonds is 8. The van der Waals surface area contributed by atoms with Crippen LogP contribution in [0.4, 0.5) is 0 Å². The smallest absolute Gasteiger partial charge is 0.255 e. The number of amides is 3. The molecule has 1 aromatic heterocycles. The molecule has 5 rings (SSSR count). The van der Waals surface area contributed by atoms with Crippen LogP contribution in [-0.4, -0.2) is 51.1 Å². The molecule has 8 heteroatoms. The topological polar surface area (TPSA) is 82.6 Å². The lowest BCUT2D eigenvalue weighted by Crippen LogP contribution is -2.55. The molecular formula is C30H34N4O3S. The van der Waals surface area contributed by atoms with Gasteiger partial charge in [0.15, 0.2) is 0 Å². The molecule has 2 unspecified atom stereocenters. The molecular weight excluding hydrogens is 496 g/mol. The van der Waals surface area contributed by atoms with Crippen molar-refractivity contribution in [2.45, 2.75) is 65.2 Å². The lowest BCUT2D eigenvalue weighted by Gasteiger charge is -2.35. The number of fused-ring (bicyclic) bond motifs is 1. The molecule has 3 aromatic rings. The Kier molecular flexibility index (Phi) is 7.61. The maximum Gasteiger partial charge on any atom is 0.255 e. The Bertz CT molecular complexity index is 1330. The second-order valence-electron chi connectivity index (χ2n) is 10.4. The van der Waals surface area contributed by atoms with Crippen molar-refractivity contribution >= 4 is 29.1 Å². The van der Waals surface area contributed by atoms with E-state index >= 15 is 0 Å². The number of likely N-dealkylation sites (tertiary alicyclic amines) is 1. The fourth-order valence-corrected chi connectivity index (χ4v) is 6.48. The second kappa shape index (κ2) is 11.1. The first-order chi connectivity index (χ1) is 18.4. The summed E-state index contributed by atoms with van der Waals surface area (Å²) in [5.74, 6) is -0.468. The van der Waals surface area contributed by atoms with Crippen LogP contribution in [0.5, 0.6) is 0 Å². The standard InChI is InChI=1S/C30H34N4O3S/c1-4-24-27(38-18-32-24)21-13-11-20(12-14-21)16-31-28(35)25-10-7-15-33(25)30(37)26(19(2)3)34-17-22-8-5-6-9-23(22)29(34)36/h5-6,8-9,11-14,18-19,25-26H,4,7,10,15-17H2,1-3H3,(H,31,35). The first kappa shape index (κ1) is 26.1. The van der Waals surface area contributed by atoms with Crippen LogP contribution in [0.3, 0.4) is 0 Å². The predicted molar refractivity (Wildman–Crippen MR) is 148 cm³/mol. The van der Waals surface area contributed by atoms with Crippen LogP contribution in [0.25, 0.3) is 10.4 Å². The number of hydrogen-bond acceptors (Lipinski definition) is 5. The maximum absolute atomic E-state index is 13.8. The zero-order valence-electron chi connectivity index (χ0n) is 22.1. The van der Waals surface area contributed by atoms with E-state index in [9.17, 15) is 14.4 Å².